The number of carbonyl (C=O) groups excluding carboxylic acids is 2. The van der Waals surface area contributed by atoms with Gasteiger partial charge >= 0.3 is 0 Å². The van der Waals surface area contributed by atoms with Crippen molar-refractivity contribution in [2.75, 3.05) is 13.1 Å². The van der Waals surface area contributed by atoms with Crippen molar-refractivity contribution in [2.45, 2.75) is 6.54 Å². The van der Waals surface area contributed by atoms with Crippen LogP contribution in [0.25, 0.3) is 0 Å². The second-order valence-electron chi connectivity index (χ2n) is 3.56. The van der Waals surface area contributed by atoms with Gasteiger partial charge in [0.1, 0.15) is 5.15 Å². The van der Waals surface area contributed by atoms with Gasteiger partial charge in [0.15, 0.2) is 0 Å². The van der Waals surface area contributed by atoms with E-state index in [1.165, 1.54) is 4.90 Å². The Morgan fingerprint density at radius 2 is 1.88 bits per heavy atom. The molecule has 0 radical (unpaired) electrons. The lowest BCUT2D eigenvalue weighted by Gasteiger charge is -2.18. The van der Waals surface area contributed by atoms with Crippen molar-refractivity contribution in [2.24, 2.45) is 11.5 Å². The van der Waals surface area contributed by atoms with Gasteiger partial charge in [0.25, 0.3) is 0 Å². The van der Waals surface area contributed by atoms with Gasteiger partial charge in [-0.25, -0.2) is 4.98 Å². The monoisotopic (exact) mass is 256 g/mol. The van der Waals surface area contributed by atoms with E-state index in [0.29, 0.717) is 11.7 Å². The van der Waals surface area contributed by atoms with E-state index in [4.69, 9.17) is 23.1 Å². The fraction of sp³-hybridized carbons (Fsp3) is 0.300. The molecule has 1 rings (SSSR count). The van der Waals surface area contributed by atoms with Crippen LogP contribution in [-0.2, 0) is 16.1 Å². The number of rotatable bonds is 6. The molecular weight excluding hydrogens is 244 g/mol. The topological polar surface area (TPSA) is 102 Å². The maximum atomic E-state index is 10.8. The van der Waals surface area contributed by atoms with Gasteiger partial charge < -0.3 is 11.5 Å². The minimum Gasteiger partial charge on any atom is -0.369 e. The minimum absolute atomic E-state index is 0.0388. The predicted molar refractivity (Wildman–Crippen MR) is 62.9 cm³/mol. The second kappa shape index (κ2) is 6.17. The molecule has 17 heavy (non-hydrogen) atoms. The first-order chi connectivity index (χ1) is 7.97. The smallest absolute Gasteiger partial charge is 0.231 e. The van der Waals surface area contributed by atoms with Gasteiger partial charge in [0.2, 0.25) is 11.8 Å². The Hall–Kier alpha value is -1.66. The highest BCUT2D eigenvalue weighted by Gasteiger charge is 2.12. The molecule has 7 heteroatoms. The number of halogens is 1. The lowest BCUT2D eigenvalue weighted by molar-refractivity contribution is -0.122. The van der Waals surface area contributed by atoms with E-state index in [1.807, 2.05) is 0 Å². The summed E-state index contributed by atoms with van der Waals surface area (Å²) in [7, 11) is 0. The Labute approximate surface area is 104 Å². The van der Waals surface area contributed by atoms with Crippen molar-refractivity contribution in [3.8, 4) is 0 Å². The van der Waals surface area contributed by atoms with Crippen molar-refractivity contribution in [1.82, 2.24) is 9.88 Å². The van der Waals surface area contributed by atoms with Gasteiger partial charge in [-0.15, -0.1) is 0 Å². The summed E-state index contributed by atoms with van der Waals surface area (Å²) < 4.78 is 0. The number of carbonyl (C=O) groups is 2. The summed E-state index contributed by atoms with van der Waals surface area (Å²) in [5.74, 6) is -1.04. The zero-order valence-corrected chi connectivity index (χ0v) is 9.85. The summed E-state index contributed by atoms with van der Waals surface area (Å²) in [5.41, 5.74) is 11.0. The molecule has 0 aromatic carbocycles. The molecule has 2 amide bonds. The van der Waals surface area contributed by atoms with Crippen LogP contribution in [0.3, 0.4) is 0 Å². The fourth-order valence-corrected chi connectivity index (χ4v) is 1.60. The molecule has 6 nitrogen and oxygen atoms in total. The number of nitrogens with zero attached hydrogens (tertiary/aromatic N) is 2. The number of nitrogens with two attached hydrogens (primary N) is 2. The van der Waals surface area contributed by atoms with Crippen LogP contribution in [0.1, 0.15) is 5.56 Å². The van der Waals surface area contributed by atoms with Gasteiger partial charge in [-0.3, -0.25) is 14.5 Å². The Balaban J connectivity index is 2.71. The maximum absolute atomic E-state index is 10.8. The molecule has 0 saturated carbocycles. The van der Waals surface area contributed by atoms with Crippen molar-refractivity contribution >= 4 is 23.4 Å². The molecule has 0 aliphatic rings. The van der Waals surface area contributed by atoms with E-state index in [-0.39, 0.29) is 13.1 Å². The molecule has 1 heterocycles. The molecule has 1 aromatic rings. The molecule has 0 saturated heterocycles. The summed E-state index contributed by atoms with van der Waals surface area (Å²) in [6.45, 7) is 0.278. The molecule has 1 aromatic heterocycles. The number of hydrogen-bond acceptors (Lipinski definition) is 4. The lowest BCUT2D eigenvalue weighted by atomic mass is 10.2. The van der Waals surface area contributed by atoms with Crippen LogP contribution in [0, 0.1) is 0 Å². The van der Waals surface area contributed by atoms with Crippen LogP contribution in [0.15, 0.2) is 18.3 Å². The van der Waals surface area contributed by atoms with E-state index in [2.05, 4.69) is 4.98 Å². The van der Waals surface area contributed by atoms with Crippen LogP contribution in [-0.4, -0.2) is 34.8 Å². The summed E-state index contributed by atoms with van der Waals surface area (Å²) in [6, 6.07) is 3.39. The van der Waals surface area contributed by atoms with Crippen LogP contribution < -0.4 is 11.5 Å². The maximum Gasteiger partial charge on any atom is 0.231 e. The Morgan fingerprint density at radius 1 is 1.29 bits per heavy atom. The molecule has 0 spiro atoms. The summed E-state index contributed by atoms with van der Waals surface area (Å²) in [6.07, 6.45) is 1.55. The quantitative estimate of drug-likeness (QED) is 0.670. The number of primary amides is 2. The number of amides is 2. The minimum atomic E-state index is -0.522. The third kappa shape index (κ3) is 5.28. The average Bonchev–Trinajstić information content (AvgIpc) is 2.14. The van der Waals surface area contributed by atoms with Gasteiger partial charge in [0.05, 0.1) is 13.1 Å². The van der Waals surface area contributed by atoms with Gasteiger partial charge in [-0.05, 0) is 17.7 Å². The zero-order chi connectivity index (χ0) is 12.8. The molecule has 0 fully saturated rings. The highest BCUT2D eigenvalue weighted by molar-refractivity contribution is 6.29. The number of hydrogen-bond donors (Lipinski definition) is 2. The van der Waals surface area contributed by atoms with E-state index in [1.54, 1.807) is 18.3 Å². The van der Waals surface area contributed by atoms with Crippen molar-refractivity contribution in [3.63, 3.8) is 0 Å². The summed E-state index contributed by atoms with van der Waals surface area (Å²) >= 11 is 5.73. The van der Waals surface area contributed by atoms with Gasteiger partial charge in [0, 0.05) is 12.7 Å². The molecule has 0 bridgehead atoms. The average molecular weight is 257 g/mol. The first-order valence-electron chi connectivity index (χ1n) is 4.87. The Morgan fingerprint density at radius 3 is 2.35 bits per heavy atom. The van der Waals surface area contributed by atoms with Gasteiger partial charge in [-0.1, -0.05) is 11.6 Å². The van der Waals surface area contributed by atoms with Crippen LogP contribution >= 0.6 is 11.6 Å². The first kappa shape index (κ1) is 13.4. The molecule has 0 aliphatic heterocycles. The van der Waals surface area contributed by atoms with E-state index >= 15 is 0 Å². The highest BCUT2D eigenvalue weighted by atomic mass is 35.5. The van der Waals surface area contributed by atoms with E-state index in [9.17, 15) is 9.59 Å². The lowest BCUT2D eigenvalue weighted by Crippen LogP contribution is -2.39. The third-order valence-electron chi connectivity index (χ3n) is 1.96. The van der Waals surface area contributed by atoms with Crippen LogP contribution in [0.4, 0.5) is 0 Å². The van der Waals surface area contributed by atoms with Crippen molar-refractivity contribution in [3.05, 3.63) is 29.0 Å². The highest BCUT2D eigenvalue weighted by Crippen LogP contribution is 2.09. The molecular formula is C10H13ClN4O2. The van der Waals surface area contributed by atoms with Gasteiger partial charge in [-0.2, -0.15) is 0 Å². The number of pyridine rings is 1. The molecule has 0 unspecified atom stereocenters. The zero-order valence-electron chi connectivity index (χ0n) is 9.10. The van der Waals surface area contributed by atoms with Crippen molar-refractivity contribution < 1.29 is 9.59 Å². The van der Waals surface area contributed by atoms with Crippen LogP contribution in [0.5, 0.6) is 0 Å². The molecule has 0 aliphatic carbocycles. The Kier molecular flexibility index (Phi) is 4.86. The van der Waals surface area contributed by atoms with Crippen molar-refractivity contribution in [1.29, 1.82) is 0 Å². The molecule has 0 atom stereocenters. The Bertz CT molecular complexity index is 409. The molecule has 92 valence electrons. The number of aromatic nitrogens is 1. The SMILES string of the molecule is NC(=O)CN(CC(N)=O)Cc1ccnc(Cl)c1. The molecule has 4 N–H and O–H groups in total. The normalized spacial score (nSPS) is 10.5. The summed E-state index contributed by atoms with van der Waals surface area (Å²) in [4.78, 5) is 27.0. The second-order valence-corrected chi connectivity index (χ2v) is 3.95. The predicted octanol–water partition coefficient (Wildman–Crippen LogP) is -0.492. The van der Waals surface area contributed by atoms with E-state index in [0.717, 1.165) is 5.56 Å². The van der Waals surface area contributed by atoms with Crippen LogP contribution in [0.2, 0.25) is 5.15 Å². The third-order valence-corrected chi connectivity index (χ3v) is 2.16. The first-order valence-corrected chi connectivity index (χ1v) is 5.24. The largest absolute Gasteiger partial charge is 0.369 e. The summed E-state index contributed by atoms with van der Waals surface area (Å²) in [5, 5.41) is 0.348. The van der Waals surface area contributed by atoms with E-state index < -0.39 is 11.8 Å². The standard InChI is InChI=1S/C10H13ClN4O2/c11-8-3-7(1-2-14-8)4-15(5-9(12)16)6-10(13)17/h1-3H,4-6H2,(H2,12,16)(H2,13,17). The fourth-order valence-electron chi connectivity index (χ4n) is 1.41.